The molecular weight excluding hydrogens is 466 g/mol. The Balaban J connectivity index is 2.45. The first-order valence-corrected chi connectivity index (χ1v) is 13.5. The predicted molar refractivity (Wildman–Crippen MR) is 138 cm³/mol. The number of carbonyl (C=O) groups is 3. The van der Waals surface area contributed by atoms with Crippen molar-refractivity contribution in [1.29, 1.82) is 0 Å². The summed E-state index contributed by atoms with van der Waals surface area (Å²) in [6.07, 6.45) is 2.11. The third-order valence-electron chi connectivity index (χ3n) is 5.80. The van der Waals surface area contributed by atoms with Crippen molar-refractivity contribution >= 4 is 33.3 Å². The largest absolute Gasteiger partial charge is 0.352 e. The Kier molecular flexibility index (Phi) is 10.0. The number of rotatable bonds is 12. The molecule has 2 atom stereocenters. The number of anilines is 1. The summed E-state index contributed by atoms with van der Waals surface area (Å²) >= 11 is 0. The minimum Gasteiger partial charge on any atom is -0.352 e. The average molecular weight is 502 g/mol. The number of hydrogen-bond donors (Lipinski definition) is 1. The molecule has 0 radical (unpaired) electrons. The van der Waals surface area contributed by atoms with Crippen LogP contribution in [0.5, 0.6) is 0 Å². The van der Waals surface area contributed by atoms with Crippen molar-refractivity contribution in [2.24, 2.45) is 0 Å². The Morgan fingerprint density at radius 1 is 0.971 bits per heavy atom. The Labute approximate surface area is 208 Å². The SMILES string of the molecule is CC[C@@H](C)NC(=O)[C@H](CC)N(Cc1ccccc1)C(=O)CN(c1cccc(C(C)=O)c1)S(C)(=O)=O. The van der Waals surface area contributed by atoms with Gasteiger partial charge >= 0.3 is 0 Å². The molecule has 0 saturated heterocycles. The van der Waals surface area contributed by atoms with Crippen LogP contribution in [0.3, 0.4) is 0 Å². The van der Waals surface area contributed by atoms with Gasteiger partial charge in [0.2, 0.25) is 21.8 Å². The Hall–Kier alpha value is -3.20. The Bertz CT molecular complexity index is 1130. The molecule has 9 heteroatoms. The van der Waals surface area contributed by atoms with Crippen molar-refractivity contribution in [2.75, 3.05) is 17.1 Å². The van der Waals surface area contributed by atoms with E-state index < -0.39 is 28.5 Å². The molecule has 0 aliphatic heterocycles. The van der Waals surface area contributed by atoms with Crippen LogP contribution in [-0.4, -0.2) is 55.8 Å². The second-order valence-electron chi connectivity index (χ2n) is 8.63. The summed E-state index contributed by atoms with van der Waals surface area (Å²) in [6.45, 7) is 6.70. The molecule has 2 rings (SSSR count). The monoisotopic (exact) mass is 501 g/mol. The first-order chi connectivity index (χ1) is 16.5. The number of sulfonamides is 1. The van der Waals surface area contributed by atoms with E-state index in [1.54, 1.807) is 12.1 Å². The van der Waals surface area contributed by atoms with Crippen LogP contribution in [0.1, 0.15) is 56.5 Å². The quantitative estimate of drug-likeness (QED) is 0.449. The number of hydrogen-bond acceptors (Lipinski definition) is 5. The molecule has 0 spiro atoms. The Morgan fingerprint density at radius 3 is 2.17 bits per heavy atom. The minimum absolute atomic E-state index is 0.0629. The van der Waals surface area contributed by atoms with Crippen LogP contribution in [0.15, 0.2) is 54.6 Å². The van der Waals surface area contributed by atoms with E-state index in [0.29, 0.717) is 12.0 Å². The molecule has 0 saturated carbocycles. The zero-order valence-corrected chi connectivity index (χ0v) is 21.8. The molecule has 2 aromatic rings. The second kappa shape index (κ2) is 12.5. The van der Waals surface area contributed by atoms with Gasteiger partial charge < -0.3 is 10.2 Å². The van der Waals surface area contributed by atoms with E-state index in [9.17, 15) is 22.8 Å². The van der Waals surface area contributed by atoms with Gasteiger partial charge in [-0.05, 0) is 44.4 Å². The second-order valence-corrected chi connectivity index (χ2v) is 10.5. The number of ketones is 1. The van der Waals surface area contributed by atoms with Gasteiger partial charge in [-0.15, -0.1) is 0 Å². The van der Waals surface area contributed by atoms with Crippen molar-refractivity contribution in [1.82, 2.24) is 10.2 Å². The van der Waals surface area contributed by atoms with Gasteiger partial charge in [-0.1, -0.05) is 56.3 Å². The van der Waals surface area contributed by atoms with Gasteiger partial charge in [0.25, 0.3) is 0 Å². The van der Waals surface area contributed by atoms with Crippen molar-refractivity contribution in [3.8, 4) is 0 Å². The molecule has 0 aliphatic rings. The zero-order chi connectivity index (χ0) is 26.2. The van der Waals surface area contributed by atoms with Gasteiger partial charge in [-0.25, -0.2) is 8.42 Å². The van der Waals surface area contributed by atoms with Gasteiger partial charge in [-0.3, -0.25) is 18.7 Å². The molecule has 1 N–H and O–H groups in total. The van der Waals surface area contributed by atoms with E-state index in [1.165, 1.54) is 24.0 Å². The lowest BCUT2D eigenvalue weighted by Crippen LogP contribution is -2.53. The molecule has 35 heavy (non-hydrogen) atoms. The van der Waals surface area contributed by atoms with E-state index in [2.05, 4.69) is 5.32 Å². The number of carbonyl (C=O) groups excluding carboxylic acids is 3. The van der Waals surface area contributed by atoms with E-state index in [1.807, 2.05) is 51.1 Å². The fourth-order valence-corrected chi connectivity index (χ4v) is 4.48. The molecular formula is C26H35N3O5S. The van der Waals surface area contributed by atoms with Gasteiger partial charge in [0.1, 0.15) is 12.6 Å². The maximum absolute atomic E-state index is 13.6. The van der Waals surface area contributed by atoms with Crippen LogP contribution in [0, 0.1) is 0 Å². The zero-order valence-electron chi connectivity index (χ0n) is 21.0. The van der Waals surface area contributed by atoms with E-state index in [0.717, 1.165) is 22.5 Å². The molecule has 2 amide bonds. The number of nitrogens with zero attached hydrogens (tertiary/aromatic N) is 2. The van der Waals surface area contributed by atoms with Crippen molar-refractivity contribution < 1.29 is 22.8 Å². The van der Waals surface area contributed by atoms with Crippen LogP contribution in [0.2, 0.25) is 0 Å². The van der Waals surface area contributed by atoms with Crippen LogP contribution >= 0.6 is 0 Å². The molecule has 0 aromatic heterocycles. The number of amides is 2. The highest BCUT2D eigenvalue weighted by molar-refractivity contribution is 7.92. The van der Waals surface area contributed by atoms with Gasteiger partial charge in [-0.2, -0.15) is 0 Å². The fourth-order valence-electron chi connectivity index (χ4n) is 3.63. The van der Waals surface area contributed by atoms with Crippen molar-refractivity contribution in [2.45, 2.75) is 59.2 Å². The van der Waals surface area contributed by atoms with Gasteiger partial charge in [0, 0.05) is 18.2 Å². The summed E-state index contributed by atoms with van der Waals surface area (Å²) in [4.78, 5) is 40.0. The minimum atomic E-state index is -3.86. The summed E-state index contributed by atoms with van der Waals surface area (Å²) in [5.74, 6) is -1.01. The highest BCUT2D eigenvalue weighted by atomic mass is 32.2. The first kappa shape index (κ1) is 28.0. The fraction of sp³-hybridized carbons (Fsp3) is 0.423. The highest BCUT2D eigenvalue weighted by Gasteiger charge is 2.32. The van der Waals surface area contributed by atoms with Crippen molar-refractivity contribution in [3.63, 3.8) is 0 Å². The average Bonchev–Trinajstić information content (AvgIpc) is 2.82. The number of Topliss-reactive ketones (excluding diaryl/α,β-unsaturated/α-hetero) is 1. The van der Waals surface area contributed by atoms with Gasteiger partial charge in [0.15, 0.2) is 5.78 Å². The van der Waals surface area contributed by atoms with Gasteiger partial charge in [0.05, 0.1) is 11.9 Å². The molecule has 0 bridgehead atoms. The van der Waals surface area contributed by atoms with E-state index in [-0.39, 0.29) is 30.0 Å². The third-order valence-corrected chi connectivity index (χ3v) is 6.94. The molecule has 0 aliphatic carbocycles. The van der Waals surface area contributed by atoms with Crippen LogP contribution in [0.25, 0.3) is 0 Å². The lowest BCUT2D eigenvalue weighted by molar-refractivity contribution is -0.140. The standard InChI is InChI=1S/C26H35N3O5S/c1-6-19(3)27-26(32)24(7-2)28(17-21-12-9-8-10-13-21)25(31)18-29(35(5,33)34)23-15-11-14-22(16-23)20(4)30/h8-16,19,24H,6-7,17-18H2,1-5H3,(H,27,32)/t19-,24+/m1/s1. The lowest BCUT2D eigenvalue weighted by atomic mass is 10.1. The predicted octanol–water partition coefficient (Wildman–Crippen LogP) is 3.38. The normalized spacial score (nSPS) is 12.9. The third kappa shape index (κ3) is 7.92. The lowest BCUT2D eigenvalue weighted by Gasteiger charge is -2.33. The maximum Gasteiger partial charge on any atom is 0.244 e. The summed E-state index contributed by atoms with van der Waals surface area (Å²) in [5, 5.41) is 2.93. The highest BCUT2D eigenvalue weighted by Crippen LogP contribution is 2.21. The number of benzene rings is 2. The topological polar surface area (TPSA) is 104 Å². The molecule has 0 fully saturated rings. The summed E-state index contributed by atoms with van der Waals surface area (Å²) in [5.41, 5.74) is 1.37. The molecule has 0 heterocycles. The maximum atomic E-state index is 13.6. The van der Waals surface area contributed by atoms with Crippen LogP contribution in [0.4, 0.5) is 5.69 Å². The van der Waals surface area contributed by atoms with Crippen molar-refractivity contribution in [3.05, 3.63) is 65.7 Å². The van der Waals surface area contributed by atoms with E-state index in [4.69, 9.17) is 0 Å². The summed E-state index contributed by atoms with van der Waals surface area (Å²) < 4.78 is 26.3. The van der Waals surface area contributed by atoms with E-state index >= 15 is 0 Å². The molecule has 190 valence electrons. The smallest absolute Gasteiger partial charge is 0.244 e. The Morgan fingerprint density at radius 2 is 1.63 bits per heavy atom. The first-order valence-electron chi connectivity index (χ1n) is 11.7. The molecule has 0 unspecified atom stereocenters. The number of nitrogens with one attached hydrogen (secondary N) is 1. The summed E-state index contributed by atoms with van der Waals surface area (Å²) in [6, 6.07) is 14.6. The van der Waals surface area contributed by atoms with Crippen LogP contribution in [-0.2, 0) is 26.2 Å². The van der Waals surface area contributed by atoms with Crippen LogP contribution < -0.4 is 9.62 Å². The summed E-state index contributed by atoms with van der Waals surface area (Å²) in [7, 11) is -3.86. The molecule has 2 aromatic carbocycles. The molecule has 8 nitrogen and oxygen atoms in total.